The van der Waals surface area contributed by atoms with Crippen LogP contribution in [-0.2, 0) is 4.74 Å². The maximum atomic E-state index is 12.4. The number of anilines is 7. The summed E-state index contributed by atoms with van der Waals surface area (Å²) in [5.41, 5.74) is 13.0. The van der Waals surface area contributed by atoms with Gasteiger partial charge in [0.1, 0.15) is 45.2 Å². The van der Waals surface area contributed by atoms with Crippen molar-refractivity contribution in [3.8, 4) is 12.1 Å². The van der Waals surface area contributed by atoms with Crippen LogP contribution in [0.3, 0.4) is 0 Å². The molecule has 10 rings (SSSR count). The zero-order valence-corrected chi connectivity index (χ0v) is 66.6. The van der Waals surface area contributed by atoms with Crippen molar-refractivity contribution in [1.29, 1.82) is 10.5 Å². The SMILES string of the molecule is CC(C)(C)OC(=O)N[C@@H]1CCCCNC1.CN(C)C(=O)N1CCCCC(Nc2cnc(C#N)c(Cl)n2)C1.CN(C)C(=O)N1CCCC[C@@H](N)C1.Cc1cc(Nc2nc(NC3CCCCN(C(=O)N(C)C)C3)cnc2C#N)sn1.Cc1cc(Nc2nc(NC3CCCCN(C(=O)N(C)C)C3)cnc2C(N)=O)sn1. The molecule has 5 aliphatic heterocycles. The number of carbonyl (C=O) groups excluding carboxylic acids is 6. The number of carbonyl (C=O) groups is 6. The molecule has 34 nitrogen and oxygen atoms in total. The zero-order chi connectivity index (χ0) is 78.3. The molecule has 586 valence electrons. The van der Waals surface area contributed by atoms with Gasteiger partial charge >= 0.3 is 30.2 Å². The lowest BCUT2D eigenvalue weighted by Crippen LogP contribution is -2.44. The van der Waals surface area contributed by atoms with E-state index in [1.807, 2.05) is 72.4 Å². The first-order valence-corrected chi connectivity index (χ1v) is 38.2. The number of alkyl carbamates (subject to hydrolysis) is 1. The van der Waals surface area contributed by atoms with Crippen molar-refractivity contribution >= 4 is 110 Å². The molecule has 10 amide bonds. The molecule has 0 radical (unpaired) electrons. The molecule has 10 heterocycles. The van der Waals surface area contributed by atoms with Gasteiger partial charge in [0.25, 0.3) is 5.91 Å². The van der Waals surface area contributed by atoms with Gasteiger partial charge in [0.15, 0.2) is 33.9 Å². The lowest BCUT2D eigenvalue weighted by atomic mass is 10.1. The Morgan fingerprint density at radius 2 is 0.953 bits per heavy atom. The van der Waals surface area contributed by atoms with E-state index in [1.165, 1.54) is 41.9 Å². The highest BCUT2D eigenvalue weighted by Crippen LogP contribution is 2.27. The summed E-state index contributed by atoms with van der Waals surface area (Å²) < 4.78 is 13.6. The summed E-state index contributed by atoms with van der Waals surface area (Å²) in [4.78, 5) is 111. The molecular weight excluding hydrogens is 1430 g/mol. The summed E-state index contributed by atoms with van der Waals surface area (Å²) in [7, 11) is 14.1. The van der Waals surface area contributed by atoms with Crippen molar-refractivity contribution in [2.75, 3.05) is 148 Å². The fraction of sp³-hybridized carbons (Fsp3) is 0.629. The molecule has 5 atom stereocenters. The Bertz CT molecular complexity index is 3760. The summed E-state index contributed by atoms with van der Waals surface area (Å²) in [6.45, 7) is 16.9. The number of amides is 10. The fourth-order valence-corrected chi connectivity index (χ4v) is 13.5. The van der Waals surface area contributed by atoms with Gasteiger partial charge in [0.05, 0.1) is 30.0 Å². The van der Waals surface area contributed by atoms with Gasteiger partial charge in [0, 0.05) is 145 Å². The van der Waals surface area contributed by atoms with Crippen LogP contribution in [0.1, 0.15) is 150 Å². The van der Waals surface area contributed by atoms with Crippen LogP contribution in [0, 0.1) is 36.5 Å². The van der Waals surface area contributed by atoms with Gasteiger partial charge in [-0.1, -0.05) is 24.4 Å². The maximum Gasteiger partial charge on any atom is 0.407 e. The van der Waals surface area contributed by atoms with E-state index in [2.05, 4.69) is 81.9 Å². The smallest absolute Gasteiger partial charge is 0.407 e. The standard InChI is InChI=1S/C18H26N8O2S.C18H24N8OS.C14H19ClN6O.C11H22N2O2.C9H19N3O/c1-11-8-14(29-24-11)23-17-15(16(19)27)20-9-13(22-17)21-12-6-4-5-7-26(10-12)18(28)25(2)3;1-12-8-16(28-24-12)23-17-14(9-19)20-10-15(22-17)21-13-6-4-5-7-26(11-13)18(27)25(2)3;1-20(2)14(22)21-6-4-3-5-10(9-21)18-12-8-17-11(7-16)13(15)19-12;1-11(2,3)15-10(14)13-9-6-4-5-7-12-8-9;1-11(2)9(13)12-6-4-3-5-8(10)7-12/h8-9,12H,4-7,10H2,1-3H3,(H2,19,27)(H2,21,22,23);8,10,13H,4-7,11H2,1-3H3,(H2,21,22,23);8,10H,3-6,9H2,1-2H3,(H,18,19);9,12H,4-8H2,1-3H3,(H,13,14);8H,3-7,10H2,1-2H3/t;;;9-;8-/m...11/s1. The zero-order valence-electron chi connectivity index (χ0n) is 64.2. The Balaban J connectivity index is 0.000000216. The molecule has 11 N–H and O–H groups in total. The third kappa shape index (κ3) is 30.0. The maximum absolute atomic E-state index is 12.4. The Morgan fingerprint density at radius 3 is 1.36 bits per heavy atom. The first-order valence-electron chi connectivity index (χ1n) is 36.3. The number of halogens is 1. The third-order valence-corrected chi connectivity index (χ3v) is 19.0. The number of ether oxygens (including phenoxy) is 1. The first kappa shape index (κ1) is 86.4. The second-order valence-corrected chi connectivity index (χ2v) is 30.6. The number of nitrogens with two attached hydrogens (primary N) is 2. The highest BCUT2D eigenvalue weighted by atomic mass is 35.5. The number of nitrogens with one attached hydrogen (secondary N) is 7. The fourth-order valence-electron chi connectivity index (χ4n) is 12.0. The highest BCUT2D eigenvalue weighted by Gasteiger charge is 2.29. The van der Waals surface area contributed by atoms with Crippen molar-refractivity contribution < 1.29 is 33.5 Å². The predicted molar refractivity (Wildman–Crippen MR) is 417 cm³/mol. The molecule has 107 heavy (non-hydrogen) atoms. The van der Waals surface area contributed by atoms with E-state index in [-0.39, 0.29) is 88.5 Å². The lowest BCUT2D eigenvalue weighted by molar-refractivity contribution is 0.0502. The van der Waals surface area contributed by atoms with E-state index in [1.54, 1.807) is 82.2 Å². The average molecular weight is 1540 g/mol. The van der Waals surface area contributed by atoms with Crippen LogP contribution in [0.4, 0.5) is 63.1 Å². The van der Waals surface area contributed by atoms with Crippen LogP contribution in [0.25, 0.3) is 0 Å². The predicted octanol–water partition coefficient (Wildman–Crippen LogP) is 8.92. The number of hydrogen-bond acceptors (Lipinski definition) is 26. The van der Waals surface area contributed by atoms with Gasteiger partial charge in [-0.3, -0.25) is 4.79 Å². The van der Waals surface area contributed by atoms with Gasteiger partial charge in [0.2, 0.25) is 0 Å². The number of nitriles is 2. The van der Waals surface area contributed by atoms with Crippen LogP contribution in [-0.4, -0.2) is 272 Å². The molecule has 5 aromatic heterocycles. The molecule has 5 aromatic rings. The van der Waals surface area contributed by atoms with Crippen molar-refractivity contribution in [2.24, 2.45) is 11.5 Å². The van der Waals surface area contributed by atoms with Gasteiger partial charge in [-0.15, -0.1) is 0 Å². The number of aryl methyl sites for hydroxylation is 2. The Morgan fingerprint density at radius 1 is 0.561 bits per heavy atom. The van der Waals surface area contributed by atoms with E-state index in [0.717, 1.165) is 151 Å². The van der Waals surface area contributed by atoms with E-state index in [9.17, 15) is 34.0 Å². The number of aromatic nitrogens is 8. The molecule has 0 spiro atoms. The minimum atomic E-state index is -0.662. The van der Waals surface area contributed by atoms with Crippen LogP contribution in [0.15, 0.2) is 30.7 Å². The van der Waals surface area contributed by atoms with E-state index in [0.29, 0.717) is 49.5 Å². The molecule has 0 saturated carbocycles. The van der Waals surface area contributed by atoms with E-state index in [4.69, 9.17) is 33.1 Å². The van der Waals surface area contributed by atoms with Gasteiger partial charge in [-0.25, -0.2) is 53.9 Å². The molecule has 5 aliphatic rings. The topological polar surface area (TPSA) is 425 Å². The van der Waals surface area contributed by atoms with Crippen LogP contribution < -0.4 is 48.7 Å². The highest BCUT2D eigenvalue weighted by molar-refractivity contribution is 7.10. The normalized spacial score (nSPS) is 18.8. The molecule has 0 bridgehead atoms. The molecule has 3 unspecified atom stereocenters. The second-order valence-electron chi connectivity index (χ2n) is 28.6. The minimum absolute atomic E-state index is 0.00298. The molecule has 0 aromatic carbocycles. The minimum Gasteiger partial charge on any atom is -0.444 e. The summed E-state index contributed by atoms with van der Waals surface area (Å²) in [5, 5.41) is 42.1. The van der Waals surface area contributed by atoms with Crippen LogP contribution in [0.5, 0.6) is 0 Å². The van der Waals surface area contributed by atoms with Crippen LogP contribution >= 0.6 is 34.7 Å². The summed E-state index contributed by atoms with van der Waals surface area (Å²) in [6, 6.07) is 8.36. The van der Waals surface area contributed by atoms with Crippen molar-refractivity contribution in [3.05, 3.63) is 64.3 Å². The quantitative estimate of drug-likeness (QED) is 0.0562. The summed E-state index contributed by atoms with van der Waals surface area (Å²) in [6.07, 6.45) is 19.7. The third-order valence-electron chi connectivity index (χ3n) is 17.1. The number of hydrogen-bond donors (Lipinski definition) is 9. The van der Waals surface area contributed by atoms with E-state index >= 15 is 0 Å². The Labute approximate surface area is 642 Å². The number of primary amides is 1. The van der Waals surface area contributed by atoms with Gasteiger partial charge in [-0.05, 0) is 160 Å². The van der Waals surface area contributed by atoms with Crippen LogP contribution in [0.2, 0.25) is 5.15 Å². The number of urea groups is 4. The second kappa shape index (κ2) is 43.3. The Hall–Kier alpha value is -9.49. The largest absolute Gasteiger partial charge is 0.444 e. The molecule has 5 fully saturated rings. The van der Waals surface area contributed by atoms with Crippen molar-refractivity contribution in [2.45, 2.75) is 167 Å². The first-order chi connectivity index (χ1) is 50.9. The molecule has 0 aliphatic carbocycles. The van der Waals surface area contributed by atoms with Crippen molar-refractivity contribution in [1.82, 2.24) is 88.5 Å². The van der Waals surface area contributed by atoms with Crippen molar-refractivity contribution in [3.63, 3.8) is 0 Å². The number of nitrogens with zero attached hydrogens (tertiary/aromatic N) is 18. The number of likely N-dealkylation sites (tertiary alicyclic amines) is 4. The lowest BCUT2D eigenvalue weighted by Gasteiger charge is -2.28. The average Bonchev–Trinajstić information content (AvgIpc) is 1.79. The molecular formula is C70H110ClN27O7S2. The summed E-state index contributed by atoms with van der Waals surface area (Å²) in [5.74, 6) is 1.62. The summed E-state index contributed by atoms with van der Waals surface area (Å²) >= 11 is 8.46. The molecule has 5 saturated heterocycles. The Kier molecular flexibility index (Phi) is 35.0. The number of rotatable bonds is 12. The van der Waals surface area contributed by atoms with Gasteiger partial charge in [-0.2, -0.15) is 19.3 Å². The van der Waals surface area contributed by atoms with Gasteiger partial charge < -0.3 is 92.6 Å². The monoisotopic (exact) mass is 1540 g/mol. The van der Waals surface area contributed by atoms with E-state index < -0.39 is 11.5 Å². The molecule has 37 heteroatoms.